The molecule has 4 saturated carbocycles. The smallest absolute Gasteiger partial charge is 0.0640 e. The van der Waals surface area contributed by atoms with Gasteiger partial charge in [0.25, 0.3) is 0 Å². The summed E-state index contributed by atoms with van der Waals surface area (Å²) < 4.78 is 2.68. The van der Waals surface area contributed by atoms with E-state index in [-0.39, 0.29) is 10.8 Å². The Morgan fingerprint density at radius 1 is 0.491 bits per heavy atom. The largest absolute Gasteiger partial charge is 0.309 e. The Morgan fingerprint density at radius 3 is 1.93 bits per heavy atom. The lowest BCUT2D eigenvalue weighted by molar-refractivity contribution is -0.0399. The maximum absolute atomic E-state index is 2.66. The van der Waals surface area contributed by atoms with Gasteiger partial charge in [0.1, 0.15) is 0 Å². The van der Waals surface area contributed by atoms with Gasteiger partial charge in [0.05, 0.1) is 10.4 Å². The molecule has 1 spiro atoms. The van der Waals surface area contributed by atoms with E-state index in [0.717, 1.165) is 23.7 Å². The molecular formula is C55H45NS. The number of thiophene rings is 1. The normalized spacial score (nSPS) is 24.2. The number of anilines is 3. The van der Waals surface area contributed by atoms with Gasteiger partial charge in [-0.15, -0.1) is 11.3 Å². The van der Waals surface area contributed by atoms with Crippen molar-refractivity contribution in [1.82, 2.24) is 0 Å². The molecule has 1 nitrogen and oxygen atoms in total. The van der Waals surface area contributed by atoms with E-state index in [1.54, 1.807) is 11.1 Å². The summed E-state index contributed by atoms with van der Waals surface area (Å²) >= 11 is 1.93. The fourth-order valence-electron chi connectivity index (χ4n) is 13.5. The third-order valence-electron chi connectivity index (χ3n) is 15.4. The van der Waals surface area contributed by atoms with Crippen LogP contribution in [0, 0.1) is 23.7 Å². The van der Waals surface area contributed by atoms with E-state index in [4.69, 9.17) is 0 Å². The van der Waals surface area contributed by atoms with Gasteiger partial charge < -0.3 is 4.90 Å². The Bertz CT molecular complexity index is 2950. The van der Waals surface area contributed by atoms with Crippen LogP contribution in [0.15, 0.2) is 152 Å². The molecule has 14 rings (SSSR count). The summed E-state index contributed by atoms with van der Waals surface area (Å²) in [5.74, 6) is 3.28. The predicted octanol–water partition coefficient (Wildman–Crippen LogP) is 15.2. The van der Waals surface area contributed by atoms with Gasteiger partial charge in [0.2, 0.25) is 0 Å². The molecule has 2 heteroatoms. The summed E-state index contributed by atoms with van der Waals surface area (Å²) in [7, 11) is 0. The zero-order valence-electron chi connectivity index (χ0n) is 32.6. The molecule has 0 N–H and O–H groups in total. The van der Waals surface area contributed by atoms with Crippen molar-refractivity contribution in [3.05, 3.63) is 174 Å². The molecule has 1 heterocycles. The van der Waals surface area contributed by atoms with Crippen LogP contribution in [0.5, 0.6) is 0 Å². The molecule has 1 aromatic heterocycles. The zero-order valence-corrected chi connectivity index (χ0v) is 33.5. The first-order valence-electron chi connectivity index (χ1n) is 21.3. The maximum atomic E-state index is 2.66. The monoisotopic (exact) mass is 751 g/mol. The van der Waals surface area contributed by atoms with Crippen LogP contribution in [0.3, 0.4) is 0 Å². The lowest BCUT2D eigenvalue weighted by Gasteiger charge is -2.61. The van der Waals surface area contributed by atoms with Gasteiger partial charge in [-0.2, -0.15) is 0 Å². The number of hydrogen-bond acceptors (Lipinski definition) is 2. The third kappa shape index (κ3) is 4.30. The van der Waals surface area contributed by atoms with Crippen LogP contribution < -0.4 is 4.90 Å². The van der Waals surface area contributed by atoms with Crippen molar-refractivity contribution in [2.45, 2.75) is 56.8 Å². The molecule has 6 aliphatic rings. The highest BCUT2D eigenvalue weighted by Crippen LogP contribution is 2.69. The first kappa shape index (κ1) is 32.6. The molecule has 4 fully saturated rings. The molecular weight excluding hydrogens is 707 g/mol. The molecule has 0 aliphatic heterocycles. The van der Waals surface area contributed by atoms with E-state index in [1.165, 1.54) is 114 Å². The molecule has 0 radical (unpaired) electrons. The number of fused-ring (bicyclic) bond motifs is 9. The second-order valence-corrected chi connectivity index (χ2v) is 19.5. The minimum absolute atomic E-state index is 0.0944. The molecule has 57 heavy (non-hydrogen) atoms. The van der Waals surface area contributed by atoms with Crippen LogP contribution in [-0.4, -0.2) is 0 Å². The number of nitrogens with zero attached hydrogens (tertiary/aromatic N) is 1. The summed E-state index contributed by atoms with van der Waals surface area (Å²) in [6.07, 6.45) is 7.02. The van der Waals surface area contributed by atoms with Crippen molar-refractivity contribution in [3.63, 3.8) is 0 Å². The zero-order chi connectivity index (χ0) is 37.6. The van der Waals surface area contributed by atoms with Crippen molar-refractivity contribution >= 4 is 48.6 Å². The Morgan fingerprint density at radius 2 is 1.11 bits per heavy atom. The third-order valence-corrected chi connectivity index (χ3v) is 16.6. The second kappa shape index (κ2) is 11.6. The Balaban J connectivity index is 1.04. The highest BCUT2D eigenvalue weighted by molar-refractivity contribution is 7.26. The molecule has 4 bridgehead atoms. The van der Waals surface area contributed by atoms with Crippen LogP contribution in [0.2, 0.25) is 0 Å². The van der Waals surface area contributed by atoms with Crippen molar-refractivity contribution in [2.75, 3.05) is 4.90 Å². The Labute approximate surface area is 339 Å². The van der Waals surface area contributed by atoms with E-state index < -0.39 is 0 Å². The van der Waals surface area contributed by atoms with Gasteiger partial charge in [-0.1, -0.05) is 129 Å². The van der Waals surface area contributed by atoms with Crippen molar-refractivity contribution in [3.8, 4) is 33.4 Å². The van der Waals surface area contributed by atoms with Gasteiger partial charge >= 0.3 is 0 Å². The van der Waals surface area contributed by atoms with E-state index in [2.05, 4.69) is 170 Å². The summed E-state index contributed by atoms with van der Waals surface area (Å²) in [5, 5.41) is 2.67. The minimum Gasteiger partial charge on any atom is -0.309 e. The average molecular weight is 752 g/mol. The minimum atomic E-state index is -0.0944. The topological polar surface area (TPSA) is 3.24 Å². The van der Waals surface area contributed by atoms with E-state index in [0.29, 0.717) is 0 Å². The van der Waals surface area contributed by atoms with Crippen LogP contribution in [-0.2, 0) is 10.8 Å². The van der Waals surface area contributed by atoms with Crippen LogP contribution in [0.1, 0.15) is 68.2 Å². The molecule has 7 aromatic carbocycles. The van der Waals surface area contributed by atoms with Crippen molar-refractivity contribution < 1.29 is 0 Å². The van der Waals surface area contributed by atoms with E-state index in [9.17, 15) is 0 Å². The maximum Gasteiger partial charge on any atom is 0.0640 e. The Kier molecular flexibility index (Phi) is 6.63. The summed E-state index contributed by atoms with van der Waals surface area (Å²) in [5.41, 5.74) is 18.1. The van der Waals surface area contributed by atoms with Crippen LogP contribution >= 0.6 is 11.3 Å². The predicted molar refractivity (Wildman–Crippen MR) is 240 cm³/mol. The average Bonchev–Trinajstić information content (AvgIpc) is 3.84. The highest BCUT2D eigenvalue weighted by Gasteiger charge is 2.61. The van der Waals surface area contributed by atoms with Gasteiger partial charge in [-0.25, -0.2) is 0 Å². The number of hydrogen-bond donors (Lipinski definition) is 0. The summed E-state index contributed by atoms with van der Waals surface area (Å²) in [6, 6.07) is 58.4. The molecule has 276 valence electrons. The Hall–Kier alpha value is -5.44. The first-order chi connectivity index (χ1) is 28.0. The van der Waals surface area contributed by atoms with Gasteiger partial charge in [-0.3, -0.25) is 0 Å². The van der Waals surface area contributed by atoms with Gasteiger partial charge in [-0.05, 0) is 148 Å². The molecule has 0 atom stereocenters. The van der Waals surface area contributed by atoms with E-state index in [1.807, 2.05) is 11.3 Å². The second-order valence-electron chi connectivity index (χ2n) is 18.5. The molecule has 8 aromatic rings. The lowest BCUT2D eigenvalue weighted by Crippen LogP contribution is -2.55. The fourth-order valence-corrected chi connectivity index (χ4v) is 14.7. The standard InChI is InChI=1S/C55H45NS/c1-54(2)47-20-6-3-15-42(47)45-18-10-17-40(52(45)54)35-12-9-13-38(31-35)56(50-22-11-19-46-44-16-5-8-23-51(44)57-53(46)50)39-24-25-43-41-14-4-7-21-48(41)55(49(43)32-39)36-27-33-26-34(29-36)30-37(55)28-33/h3-25,31-34,36-37H,26-30H2,1-2H3. The number of benzene rings is 7. The number of rotatable bonds is 4. The van der Waals surface area contributed by atoms with Crippen LogP contribution in [0.25, 0.3) is 53.6 Å². The van der Waals surface area contributed by atoms with E-state index >= 15 is 0 Å². The molecule has 0 unspecified atom stereocenters. The van der Waals surface area contributed by atoms with Crippen molar-refractivity contribution in [1.29, 1.82) is 0 Å². The lowest BCUT2D eigenvalue weighted by atomic mass is 9.43. The summed E-state index contributed by atoms with van der Waals surface area (Å²) in [4.78, 5) is 2.61. The van der Waals surface area contributed by atoms with Gasteiger partial charge in [0.15, 0.2) is 0 Å². The summed E-state index contributed by atoms with van der Waals surface area (Å²) in [6.45, 7) is 4.81. The molecule has 6 aliphatic carbocycles. The van der Waals surface area contributed by atoms with Gasteiger partial charge in [0, 0.05) is 37.7 Å². The SMILES string of the molecule is CC1(C)c2ccccc2-c2cccc(-c3cccc(N(c4ccc5c(c4)C4(c6ccccc6-5)C5CC6CC(C5)CC4C6)c4cccc5c4sc4ccccc45)c3)c21. The first-order valence-corrected chi connectivity index (χ1v) is 22.1. The van der Waals surface area contributed by atoms with Crippen LogP contribution in [0.4, 0.5) is 17.1 Å². The van der Waals surface area contributed by atoms with Crippen molar-refractivity contribution in [2.24, 2.45) is 23.7 Å². The molecule has 0 saturated heterocycles. The quantitative estimate of drug-likeness (QED) is 0.173. The highest BCUT2D eigenvalue weighted by atomic mass is 32.1. The molecule has 0 amide bonds. The fraction of sp³-hybridized carbons (Fsp3) is 0.236.